The number of amides is 1. The van der Waals surface area contributed by atoms with E-state index in [1.807, 2.05) is 0 Å². The highest BCUT2D eigenvalue weighted by Crippen LogP contribution is 2.47. The van der Waals surface area contributed by atoms with Crippen molar-refractivity contribution >= 4 is 23.4 Å². The Hall–Kier alpha value is -4.61. The normalized spacial score (nSPS) is 18.9. The lowest BCUT2D eigenvalue weighted by molar-refractivity contribution is -0.143. The van der Waals surface area contributed by atoms with Crippen molar-refractivity contribution < 1.29 is 59.3 Å². The van der Waals surface area contributed by atoms with Crippen LogP contribution >= 0.6 is 0 Å². The first-order valence-corrected chi connectivity index (χ1v) is 14.7. The first-order valence-electron chi connectivity index (χ1n) is 14.7. The lowest BCUT2D eigenvalue weighted by Gasteiger charge is -2.46. The summed E-state index contributed by atoms with van der Waals surface area (Å²) in [6.07, 6.45) is -16.6. The fraction of sp³-hybridized carbons (Fsp3) is 0.419. The number of hydrogen-bond donors (Lipinski definition) is 4. The summed E-state index contributed by atoms with van der Waals surface area (Å²) in [5.74, 6) is -3.63. The Balaban J connectivity index is 1.93. The van der Waals surface area contributed by atoms with Crippen LogP contribution in [0.3, 0.4) is 0 Å². The summed E-state index contributed by atoms with van der Waals surface area (Å²) in [6, 6.07) is 3.25. The van der Waals surface area contributed by atoms with Crippen LogP contribution in [0.2, 0.25) is 0 Å². The van der Waals surface area contributed by atoms with Gasteiger partial charge >= 0.3 is 30.6 Å². The highest BCUT2D eigenvalue weighted by molar-refractivity contribution is 5.90. The predicted octanol–water partition coefficient (Wildman–Crippen LogP) is 7.73. The number of hydrogen-bond acceptors (Lipinski definition) is 6. The Bertz CT molecular complexity index is 1700. The number of nitrogens with one attached hydrogen (secondary N) is 1. The van der Waals surface area contributed by atoms with Gasteiger partial charge in [-0.15, -0.1) is 0 Å². The second kappa shape index (κ2) is 13.4. The van der Waals surface area contributed by atoms with E-state index in [0.717, 1.165) is 17.2 Å². The molecule has 1 aromatic heterocycles. The zero-order chi connectivity index (χ0) is 36.7. The summed E-state index contributed by atoms with van der Waals surface area (Å²) in [5, 5.41) is 22.2. The van der Waals surface area contributed by atoms with Gasteiger partial charge in [-0.05, 0) is 66.8 Å². The van der Waals surface area contributed by atoms with Crippen LogP contribution in [0.1, 0.15) is 78.4 Å². The molecule has 1 aliphatic heterocycles. The first-order chi connectivity index (χ1) is 22.6. The summed E-state index contributed by atoms with van der Waals surface area (Å²) in [6.45, 7) is 2.87. The molecule has 3 aromatic rings. The summed E-state index contributed by atoms with van der Waals surface area (Å²) >= 11 is 0. The minimum Gasteiger partial charge on any atom is -0.481 e. The molecular weight excluding hydrogens is 677 g/mol. The molecule has 2 heterocycles. The molecule has 0 aliphatic carbocycles. The van der Waals surface area contributed by atoms with E-state index in [2.05, 4.69) is 15.3 Å². The molecule has 9 nitrogen and oxygen atoms in total. The first kappa shape index (κ1) is 37.2. The van der Waals surface area contributed by atoms with Crippen LogP contribution in [0.15, 0.2) is 42.6 Å². The second-order valence-electron chi connectivity index (χ2n) is 11.6. The van der Waals surface area contributed by atoms with Crippen LogP contribution in [0.4, 0.5) is 55.7 Å². The number of fused-ring (bicyclic) bond motifs is 1. The molecule has 4 rings (SSSR count). The number of aromatic nitrogens is 2. The van der Waals surface area contributed by atoms with Gasteiger partial charge in [0.1, 0.15) is 11.5 Å². The predicted molar refractivity (Wildman–Crippen MR) is 157 cm³/mol. The molecule has 3 atom stereocenters. The van der Waals surface area contributed by atoms with Crippen molar-refractivity contribution in [3.05, 3.63) is 81.9 Å². The Morgan fingerprint density at radius 2 is 1.55 bits per heavy atom. The van der Waals surface area contributed by atoms with Gasteiger partial charge < -0.3 is 21.3 Å². The van der Waals surface area contributed by atoms with E-state index >= 15 is 0 Å². The van der Waals surface area contributed by atoms with E-state index < -0.39 is 76.8 Å². The van der Waals surface area contributed by atoms with Gasteiger partial charge in [-0.1, -0.05) is 13.8 Å². The molecule has 0 bridgehead atoms. The Labute approximate surface area is 273 Å². The lowest BCUT2D eigenvalue weighted by atomic mass is 9.80. The average Bonchev–Trinajstić information content (AvgIpc) is 2.99. The van der Waals surface area contributed by atoms with Gasteiger partial charge in [-0.3, -0.25) is 9.69 Å². The molecule has 0 saturated carbocycles. The number of nitrogens with two attached hydrogens (primary N) is 1. The third-order valence-electron chi connectivity index (χ3n) is 8.38. The zero-order valence-electron chi connectivity index (χ0n) is 25.8. The lowest BCUT2D eigenvalue weighted by Crippen LogP contribution is -2.61. The van der Waals surface area contributed by atoms with Crippen LogP contribution in [-0.4, -0.2) is 44.5 Å². The minimum atomic E-state index is -5.16. The SMILES string of the molecule is CCC(CNc1cnc([C@H]2C[C@@](N)(CC)N(C(=O)O)c3ccc(C(F)(F)F)cc32)nc1Cc1cc(C(F)(F)F)cc(C(F)(F)F)c1)C(=O)O. The van der Waals surface area contributed by atoms with Crippen molar-refractivity contribution in [1.29, 1.82) is 0 Å². The van der Waals surface area contributed by atoms with Gasteiger partial charge in [0.15, 0.2) is 0 Å². The van der Waals surface area contributed by atoms with Crippen molar-refractivity contribution in [3.8, 4) is 0 Å². The maximum Gasteiger partial charge on any atom is 0.416 e. The molecule has 0 saturated heterocycles. The van der Waals surface area contributed by atoms with Gasteiger partial charge in [0.05, 0.1) is 45.9 Å². The van der Waals surface area contributed by atoms with E-state index in [4.69, 9.17) is 5.73 Å². The van der Waals surface area contributed by atoms with Gasteiger partial charge in [0.2, 0.25) is 0 Å². The molecule has 0 fully saturated rings. The quantitative estimate of drug-likeness (QED) is 0.166. The number of anilines is 2. The molecule has 18 heteroatoms. The van der Waals surface area contributed by atoms with Gasteiger partial charge in [-0.2, -0.15) is 39.5 Å². The number of carboxylic acid groups (broad SMARTS) is 2. The molecule has 1 amide bonds. The third-order valence-corrected chi connectivity index (χ3v) is 8.38. The fourth-order valence-corrected chi connectivity index (χ4v) is 5.67. The average molecular weight is 708 g/mol. The van der Waals surface area contributed by atoms with Gasteiger partial charge in [0, 0.05) is 18.9 Å². The number of halogens is 9. The topological polar surface area (TPSA) is 142 Å². The van der Waals surface area contributed by atoms with Crippen molar-refractivity contribution in [1.82, 2.24) is 9.97 Å². The maximum atomic E-state index is 13.8. The van der Waals surface area contributed by atoms with Crippen LogP contribution in [0.5, 0.6) is 0 Å². The maximum absolute atomic E-state index is 13.8. The summed E-state index contributed by atoms with van der Waals surface area (Å²) in [5.41, 5.74) is -0.661. The monoisotopic (exact) mass is 707 g/mol. The molecule has 1 aliphatic rings. The Morgan fingerprint density at radius 3 is 2.04 bits per heavy atom. The summed E-state index contributed by atoms with van der Waals surface area (Å²) in [4.78, 5) is 33.3. The number of nitrogens with zero attached hydrogens (tertiary/aromatic N) is 3. The molecular formula is C31H30F9N5O4. The molecule has 0 radical (unpaired) electrons. The fourth-order valence-electron chi connectivity index (χ4n) is 5.67. The Morgan fingerprint density at radius 1 is 0.959 bits per heavy atom. The zero-order valence-corrected chi connectivity index (χ0v) is 25.8. The number of alkyl halides is 9. The molecule has 49 heavy (non-hydrogen) atoms. The number of benzene rings is 2. The van der Waals surface area contributed by atoms with Gasteiger partial charge in [0.25, 0.3) is 0 Å². The molecule has 2 aromatic carbocycles. The van der Waals surface area contributed by atoms with E-state index in [0.29, 0.717) is 24.3 Å². The minimum absolute atomic E-state index is 0.0270. The molecule has 0 spiro atoms. The van der Waals surface area contributed by atoms with E-state index in [9.17, 15) is 59.3 Å². The number of carboxylic acids is 1. The molecule has 5 N–H and O–H groups in total. The standard InChI is InChI=1S/C31H30F9N5O4/c1-3-16(26(46)47)13-42-23-14-43-25(44-22(23)9-15-7-18(30(35,36)37)10-19(8-15)31(38,39)40)21-12-28(41,4-2)45(27(48)49)24-6-5-17(11-20(21)24)29(32,33)34/h5-8,10-11,14,16,21,42H,3-4,9,12-13,41H2,1-2H3,(H,46,47)(H,48,49)/t16?,21-,28+/m0/s1. The van der Waals surface area contributed by atoms with Gasteiger partial charge in [-0.25, -0.2) is 14.8 Å². The van der Waals surface area contributed by atoms with Crippen LogP contribution < -0.4 is 16.0 Å². The largest absolute Gasteiger partial charge is 0.481 e. The van der Waals surface area contributed by atoms with E-state index in [1.54, 1.807) is 13.8 Å². The Kier molecular flexibility index (Phi) is 10.1. The van der Waals surface area contributed by atoms with Crippen molar-refractivity contribution in [2.45, 2.75) is 69.6 Å². The summed E-state index contributed by atoms with van der Waals surface area (Å²) < 4.78 is 123. The van der Waals surface area contributed by atoms with Crippen LogP contribution in [0.25, 0.3) is 0 Å². The third kappa shape index (κ3) is 8.00. The molecule has 1 unspecified atom stereocenters. The highest BCUT2D eigenvalue weighted by Gasteiger charge is 2.47. The number of carbonyl (C=O) groups is 2. The van der Waals surface area contributed by atoms with E-state index in [1.165, 1.54) is 0 Å². The van der Waals surface area contributed by atoms with Crippen LogP contribution in [-0.2, 0) is 29.7 Å². The van der Waals surface area contributed by atoms with Crippen molar-refractivity contribution in [2.75, 3.05) is 16.8 Å². The number of aliphatic carboxylic acids is 1. The van der Waals surface area contributed by atoms with Crippen molar-refractivity contribution in [2.24, 2.45) is 11.7 Å². The van der Waals surface area contributed by atoms with Crippen molar-refractivity contribution in [3.63, 3.8) is 0 Å². The smallest absolute Gasteiger partial charge is 0.416 e. The highest BCUT2D eigenvalue weighted by atomic mass is 19.4. The number of rotatable bonds is 9. The van der Waals surface area contributed by atoms with E-state index in [-0.39, 0.29) is 60.3 Å². The van der Waals surface area contributed by atoms with Crippen LogP contribution in [0, 0.1) is 5.92 Å². The second-order valence-corrected chi connectivity index (χ2v) is 11.6. The molecule has 266 valence electrons. The summed E-state index contributed by atoms with van der Waals surface area (Å²) in [7, 11) is 0.